The van der Waals surface area contributed by atoms with E-state index in [-0.39, 0.29) is 12.2 Å². The summed E-state index contributed by atoms with van der Waals surface area (Å²) in [5, 5.41) is 20.7. The molecule has 0 aliphatic carbocycles. The summed E-state index contributed by atoms with van der Waals surface area (Å²) in [6.45, 7) is 3.89. The molecule has 0 saturated carbocycles. The minimum atomic E-state index is -0.316. The molecular formula is C32H34Cl2N6O4. The molecule has 2 aliphatic rings. The maximum absolute atomic E-state index is 9.88. The number of likely N-dealkylation sites (tertiary alicyclic amines) is 2. The molecule has 0 radical (unpaired) electrons. The van der Waals surface area contributed by atoms with Gasteiger partial charge in [-0.05, 0) is 12.8 Å². The molecule has 4 aromatic rings. The van der Waals surface area contributed by atoms with E-state index in [1.807, 2.05) is 36.4 Å². The first kappa shape index (κ1) is 30.6. The molecule has 10 nitrogen and oxygen atoms in total. The third-order valence-electron chi connectivity index (χ3n) is 8.09. The minimum absolute atomic E-state index is 0.316. The lowest BCUT2D eigenvalue weighted by Gasteiger charge is -2.17. The summed E-state index contributed by atoms with van der Waals surface area (Å²) in [6.07, 6.45) is 4.25. The van der Waals surface area contributed by atoms with Gasteiger partial charge in [0, 0.05) is 61.5 Å². The Balaban J connectivity index is 1.29. The van der Waals surface area contributed by atoms with E-state index >= 15 is 0 Å². The fourth-order valence-corrected chi connectivity index (χ4v) is 6.46. The fraction of sp³-hybridized carbons (Fsp3) is 0.375. The van der Waals surface area contributed by atoms with E-state index < -0.39 is 0 Å². The van der Waals surface area contributed by atoms with Gasteiger partial charge in [0.15, 0.2) is 0 Å². The van der Waals surface area contributed by atoms with Gasteiger partial charge >= 0.3 is 0 Å². The van der Waals surface area contributed by atoms with E-state index in [2.05, 4.69) is 19.8 Å². The summed E-state index contributed by atoms with van der Waals surface area (Å²) < 4.78 is 11.2. The van der Waals surface area contributed by atoms with Crippen LogP contribution in [0.15, 0.2) is 48.8 Å². The Bertz CT molecular complexity index is 1540. The highest BCUT2D eigenvalue weighted by Crippen LogP contribution is 2.42. The molecule has 2 aromatic heterocycles. The van der Waals surface area contributed by atoms with Crippen molar-refractivity contribution in [3.63, 3.8) is 0 Å². The zero-order chi connectivity index (χ0) is 30.8. The number of aliphatic hydroxyl groups is 2. The number of hydrogen-bond acceptors (Lipinski definition) is 10. The van der Waals surface area contributed by atoms with Crippen LogP contribution in [0.2, 0.25) is 10.0 Å². The summed E-state index contributed by atoms with van der Waals surface area (Å²) in [5.41, 5.74) is 5.40. The molecule has 2 saturated heterocycles. The van der Waals surface area contributed by atoms with Crippen LogP contribution >= 0.6 is 23.2 Å². The number of benzene rings is 2. The zero-order valence-corrected chi connectivity index (χ0v) is 26.1. The number of methoxy groups -OCH3 is 2. The maximum Gasteiger partial charge on any atom is 0.237 e. The highest BCUT2D eigenvalue weighted by Gasteiger charge is 2.25. The van der Waals surface area contributed by atoms with E-state index in [0.29, 0.717) is 81.9 Å². The van der Waals surface area contributed by atoms with Crippen molar-refractivity contribution in [3.05, 3.63) is 70.2 Å². The zero-order valence-electron chi connectivity index (χ0n) is 24.6. The topological polar surface area (TPSA) is 117 Å². The number of β-amino-alcohol motifs (C(OH)–C–C–N with tert-alkyl or cyclic N) is 2. The molecule has 0 bridgehead atoms. The van der Waals surface area contributed by atoms with Crippen LogP contribution in [0.5, 0.6) is 11.8 Å². The number of rotatable bonds is 9. The quantitative estimate of drug-likeness (QED) is 0.267. The van der Waals surface area contributed by atoms with Crippen LogP contribution < -0.4 is 9.47 Å². The Morgan fingerprint density at radius 1 is 0.705 bits per heavy atom. The molecule has 230 valence electrons. The van der Waals surface area contributed by atoms with E-state index in [1.54, 1.807) is 26.6 Å². The molecule has 44 heavy (non-hydrogen) atoms. The smallest absolute Gasteiger partial charge is 0.237 e. The molecule has 2 atom stereocenters. The van der Waals surface area contributed by atoms with Crippen molar-refractivity contribution in [2.24, 2.45) is 0 Å². The number of halogens is 2. The lowest BCUT2D eigenvalue weighted by Crippen LogP contribution is -2.22. The second-order valence-electron chi connectivity index (χ2n) is 11.1. The van der Waals surface area contributed by atoms with Crippen LogP contribution in [0.1, 0.15) is 24.2 Å². The van der Waals surface area contributed by atoms with E-state index in [1.165, 1.54) is 0 Å². The summed E-state index contributed by atoms with van der Waals surface area (Å²) in [7, 11) is 3.14. The SMILES string of the molecule is COc1nc(-c2cccc(-c3cccc(-c4cnc(CN5CC[C@@H](O)C5)c(OC)n4)c3Cl)c2Cl)cnc1CN1CC[C@@H](O)C1. The van der Waals surface area contributed by atoms with Crippen LogP contribution in [0, 0.1) is 0 Å². The normalized spacial score (nSPS) is 19.0. The van der Waals surface area contributed by atoms with Gasteiger partial charge in [-0.1, -0.05) is 59.6 Å². The van der Waals surface area contributed by atoms with Crippen LogP contribution in [0.25, 0.3) is 33.6 Å². The van der Waals surface area contributed by atoms with Crippen molar-refractivity contribution in [1.29, 1.82) is 0 Å². The predicted molar refractivity (Wildman–Crippen MR) is 169 cm³/mol. The summed E-state index contributed by atoms with van der Waals surface area (Å²) in [6, 6.07) is 11.4. The average Bonchev–Trinajstić information content (AvgIpc) is 3.64. The Labute approximate surface area is 266 Å². The van der Waals surface area contributed by atoms with Gasteiger partial charge in [0.05, 0.1) is 60.3 Å². The number of aliphatic hydroxyl groups excluding tert-OH is 2. The molecule has 2 aliphatic heterocycles. The Morgan fingerprint density at radius 2 is 1.11 bits per heavy atom. The number of hydrogen-bond donors (Lipinski definition) is 2. The largest absolute Gasteiger partial charge is 0.480 e. The molecule has 12 heteroatoms. The summed E-state index contributed by atoms with van der Waals surface area (Å²) >= 11 is 14.0. The highest BCUT2D eigenvalue weighted by atomic mass is 35.5. The van der Waals surface area contributed by atoms with Crippen molar-refractivity contribution >= 4 is 23.2 Å². The van der Waals surface area contributed by atoms with Crippen LogP contribution in [-0.2, 0) is 13.1 Å². The van der Waals surface area contributed by atoms with E-state index in [4.69, 9.17) is 42.6 Å². The minimum Gasteiger partial charge on any atom is -0.480 e. The molecule has 6 rings (SSSR count). The Morgan fingerprint density at radius 3 is 1.48 bits per heavy atom. The van der Waals surface area contributed by atoms with Crippen LogP contribution in [0.3, 0.4) is 0 Å². The summed E-state index contributed by atoms with van der Waals surface area (Å²) in [5.74, 6) is 0.838. The third-order valence-corrected chi connectivity index (χ3v) is 8.91. The lowest BCUT2D eigenvalue weighted by atomic mass is 9.98. The fourth-order valence-electron chi connectivity index (χ4n) is 5.81. The van der Waals surface area contributed by atoms with Crippen LogP contribution in [0.4, 0.5) is 0 Å². The Kier molecular flexibility index (Phi) is 9.27. The monoisotopic (exact) mass is 636 g/mol. The standard InChI is InChI=1S/C32H34Cl2N6O4/c1-43-31-27(17-39-11-9-19(41)15-39)35-13-25(37-31)23-7-3-5-21(29(23)33)22-6-4-8-24(30(22)34)26-14-36-28(32(38-26)44-2)18-40-12-10-20(42)16-40/h3-8,13-14,19-20,41-42H,9-12,15-18H2,1-2H3/t19-,20-/m1/s1. The number of nitrogens with zero attached hydrogens (tertiary/aromatic N) is 6. The maximum atomic E-state index is 9.88. The van der Waals surface area contributed by atoms with Gasteiger partial charge < -0.3 is 19.7 Å². The van der Waals surface area contributed by atoms with Crippen molar-refractivity contribution in [1.82, 2.24) is 29.7 Å². The van der Waals surface area contributed by atoms with Gasteiger partial charge in [-0.15, -0.1) is 0 Å². The van der Waals surface area contributed by atoms with Gasteiger partial charge in [0.1, 0.15) is 11.4 Å². The lowest BCUT2D eigenvalue weighted by molar-refractivity contribution is 0.173. The molecular weight excluding hydrogens is 603 g/mol. The van der Waals surface area contributed by atoms with Crippen molar-refractivity contribution in [2.75, 3.05) is 40.4 Å². The van der Waals surface area contributed by atoms with E-state index in [9.17, 15) is 10.2 Å². The second kappa shape index (κ2) is 13.3. The molecule has 2 aromatic carbocycles. The molecule has 0 spiro atoms. The highest BCUT2D eigenvalue weighted by molar-refractivity contribution is 6.39. The Hall–Kier alpha value is -3.38. The first-order valence-corrected chi connectivity index (χ1v) is 15.3. The molecule has 0 amide bonds. The average molecular weight is 638 g/mol. The third kappa shape index (κ3) is 6.37. The van der Waals surface area contributed by atoms with Gasteiger partial charge in [-0.25, -0.2) is 9.97 Å². The van der Waals surface area contributed by atoms with Gasteiger partial charge in [-0.2, -0.15) is 0 Å². The number of aromatic nitrogens is 4. The van der Waals surface area contributed by atoms with Gasteiger partial charge in [0.2, 0.25) is 11.8 Å². The molecule has 2 fully saturated rings. The van der Waals surface area contributed by atoms with Gasteiger partial charge in [-0.3, -0.25) is 19.8 Å². The predicted octanol–water partition coefficient (Wildman–Crippen LogP) is 4.72. The summed E-state index contributed by atoms with van der Waals surface area (Å²) in [4.78, 5) is 23.0. The van der Waals surface area contributed by atoms with Crippen molar-refractivity contribution in [3.8, 4) is 45.4 Å². The first-order chi connectivity index (χ1) is 21.3. The van der Waals surface area contributed by atoms with Crippen molar-refractivity contribution < 1.29 is 19.7 Å². The molecule has 4 heterocycles. The number of ether oxygens (including phenoxy) is 2. The molecule has 2 N–H and O–H groups in total. The van der Waals surface area contributed by atoms with Crippen LogP contribution in [-0.4, -0.2) is 92.6 Å². The first-order valence-electron chi connectivity index (χ1n) is 14.5. The second-order valence-corrected chi connectivity index (χ2v) is 11.9. The van der Waals surface area contributed by atoms with Crippen molar-refractivity contribution in [2.45, 2.75) is 38.1 Å². The molecule has 0 unspecified atom stereocenters. The van der Waals surface area contributed by atoms with Gasteiger partial charge in [0.25, 0.3) is 0 Å². The van der Waals surface area contributed by atoms with E-state index in [0.717, 1.165) is 37.1 Å².